The summed E-state index contributed by atoms with van der Waals surface area (Å²) in [5.74, 6) is 1.58. The van der Waals surface area contributed by atoms with Crippen molar-refractivity contribution < 1.29 is 14.6 Å². The number of hydrogen-bond acceptors (Lipinski definition) is 6. The van der Waals surface area contributed by atoms with E-state index in [1.807, 2.05) is 18.2 Å². The molecule has 6 nitrogen and oxygen atoms in total. The van der Waals surface area contributed by atoms with Gasteiger partial charge >= 0.3 is 0 Å². The molecule has 0 aliphatic carbocycles. The largest absolute Gasteiger partial charge is 0.509 e. The van der Waals surface area contributed by atoms with Gasteiger partial charge in [0.05, 0.1) is 12.8 Å². The molecule has 0 aliphatic heterocycles. The molecule has 0 radical (unpaired) electrons. The minimum Gasteiger partial charge on any atom is -0.509 e. The molecule has 1 N–H and O–H groups in total. The Bertz CT molecular complexity index is 1030. The Kier molecular flexibility index (Phi) is 6.97. The minimum atomic E-state index is -0.190. The number of hydrogen-bond donors (Lipinski definition) is 1. The van der Waals surface area contributed by atoms with Gasteiger partial charge < -0.3 is 14.6 Å². The zero-order valence-corrected chi connectivity index (χ0v) is 16.9. The average molecular weight is 410 g/mol. The first-order chi connectivity index (χ1) is 14.1. The lowest BCUT2D eigenvalue weighted by atomic mass is 10.2. The first kappa shape index (κ1) is 20.5. The number of ether oxygens (including phenoxy) is 2. The third kappa shape index (κ3) is 5.42. The van der Waals surface area contributed by atoms with Gasteiger partial charge in [-0.3, -0.25) is 9.36 Å². The van der Waals surface area contributed by atoms with Gasteiger partial charge in [0.15, 0.2) is 16.5 Å². The fourth-order valence-electron chi connectivity index (χ4n) is 2.69. The van der Waals surface area contributed by atoms with E-state index in [2.05, 4.69) is 23.7 Å². The predicted molar refractivity (Wildman–Crippen MR) is 115 cm³/mol. The molecule has 0 amide bonds. The second-order valence-corrected chi connectivity index (χ2v) is 7.27. The third-order valence-electron chi connectivity index (χ3n) is 4.10. The first-order valence-corrected chi connectivity index (χ1v) is 9.99. The Morgan fingerprint density at radius 1 is 1.21 bits per heavy atom. The van der Waals surface area contributed by atoms with E-state index < -0.39 is 0 Å². The Morgan fingerprint density at radius 2 is 2.00 bits per heavy atom. The molecule has 3 aromatic rings. The summed E-state index contributed by atoms with van der Waals surface area (Å²) in [5.41, 5.74) is 1.67. The number of nitrogens with zero attached hydrogens (tertiary/aromatic N) is 2. The maximum Gasteiger partial charge on any atom is 0.287 e. The summed E-state index contributed by atoms with van der Waals surface area (Å²) in [7, 11) is 1.51. The Morgan fingerprint density at radius 3 is 2.72 bits per heavy atom. The van der Waals surface area contributed by atoms with E-state index in [9.17, 15) is 9.90 Å². The Balaban J connectivity index is 1.77. The molecular weight excluding hydrogens is 388 g/mol. The van der Waals surface area contributed by atoms with Crippen molar-refractivity contribution in [3.05, 3.63) is 89.2 Å². The third-order valence-corrected chi connectivity index (χ3v) is 5.06. The molecule has 0 saturated carbocycles. The topological polar surface area (TPSA) is 73.6 Å². The highest BCUT2D eigenvalue weighted by atomic mass is 32.2. The summed E-state index contributed by atoms with van der Waals surface area (Å²) in [6, 6.07) is 15.3. The van der Waals surface area contributed by atoms with Gasteiger partial charge in [-0.05, 0) is 24.1 Å². The number of benzene rings is 2. The van der Waals surface area contributed by atoms with Gasteiger partial charge in [-0.25, -0.2) is 4.98 Å². The van der Waals surface area contributed by atoms with Crippen LogP contribution < -0.4 is 15.0 Å². The van der Waals surface area contributed by atoms with Crippen LogP contribution in [0.1, 0.15) is 5.56 Å². The molecule has 1 heterocycles. The molecule has 29 heavy (non-hydrogen) atoms. The standard InChI is InChI=1S/C22H22N2O4S/c1-16(25)15-28-19-9-8-18(14-20(19)27-2)24-12-11-23-21(22(24)26)29-13-10-17-6-4-3-5-7-17/h3-9,11-12,14,25H,1,10,13,15H2,2H3. The van der Waals surface area contributed by atoms with Crippen molar-refractivity contribution in [1.29, 1.82) is 0 Å². The van der Waals surface area contributed by atoms with Gasteiger partial charge in [0.25, 0.3) is 5.56 Å². The molecule has 3 rings (SSSR count). The zero-order valence-electron chi connectivity index (χ0n) is 16.1. The molecule has 2 aromatic carbocycles. The lowest BCUT2D eigenvalue weighted by Crippen LogP contribution is -2.20. The van der Waals surface area contributed by atoms with E-state index in [1.54, 1.807) is 30.6 Å². The summed E-state index contributed by atoms with van der Waals surface area (Å²) >= 11 is 1.44. The van der Waals surface area contributed by atoms with Crippen molar-refractivity contribution >= 4 is 11.8 Å². The van der Waals surface area contributed by atoms with Crippen LogP contribution in [-0.4, -0.2) is 34.1 Å². The molecule has 1 aromatic heterocycles. The van der Waals surface area contributed by atoms with Crippen LogP contribution >= 0.6 is 11.8 Å². The van der Waals surface area contributed by atoms with Crippen LogP contribution in [0.25, 0.3) is 5.69 Å². The SMILES string of the molecule is C=C(O)COc1ccc(-n2ccnc(SCCc3ccccc3)c2=O)cc1OC. The van der Waals surface area contributed by atoms with E-state index in [0.29, 0.717) is 22.2 Å². The summed E-state index contributed by atoms with van der Waals surface area (Å²) in [4.78, 5) is 17.1. The van der Waals surface area contributed by atoms with Crippen LogP contribution in [0.15, 0.2) is 83.1 Å². The number of aromatic nitrogens is 2. The molecule has 0 aliphatic rings. The summed E-state index contributed by atoms with van der Waals surface area (Å²) in [5, 5.41) is 9.65. The molecular formula is C22H22N2O4S. The Hall–Kier alpha value is -3.19. The van der Waals surface area contributed by atoms with Gasteiger partial charge in [0.1, 0.15) is 12.4 Å². The second-order valence-electron chi connectivity index (χ2n) is 6.18. The van der Waals surface area contributed by atoms with Gasteiger partial charge in [-0.15, -0.1) is 11.8 Å². The zero-order chi connectivity index (χ0) is 20.6. The fraction of sp³-hybridized carbons (Fsp3) is 0.182. The number of methoxy groups -OCH3 is 1. The van der Waals surface area contributed by atoms with Crippen LogP contribution in [-0.2, 0) is 6.42 Å². The van der Waals surface area contributed by atoms with Crippen molar-refractivity contribution in [3.8, 4) is 17.2 Å². The van der Waals surface area contributed by atoms with E-state index in [-0.39, 0.29) is 17.9 Å². The van der Waals surface area contributed by atoms with Crippen LogP contribution in [0.2, 0.25) is 0 Å². The van der Waals surface area contributed by atoms with Gasteiger partial charge in [0.2, 0.25) is 0 Å². The van der Waals surface area contributed by atoms with E-state index in [4.69, 9.17) is 9.47 Å². The first-order valence-electron chi connectivity index (χ1n) is 9.01. The highest BCUT2D eigenvalue weighted by Crippen LogP contribution is 2.29. The van der Waals surface area contributed by atoms with E-state index >= 15 is 0 Å². The molecule has 0 bridgehead atoms. The number of aryl methyl sites for hydroxylation is 1. The predicted octanol–water partition coefficient (Wildman–Crippen LogP) is 4.03. The molecule has 0 atom stereocenters. The summed E-state index contributed by atoms with van der Waals surface area (Å²) in [6.45, 7) is 3.36. The maximum atomic E-state index is 12.9. The van der Waals surface area contributed by atoms with Crippen molar-refractivity contribution in [2.75, 3.05) is 19.5 Å². The van der Waals surface area contributed by atoms with Crippen LogP contribution in [0.5, 0.6) is 11.5 Å². The normalized spacial score (nSPS) is 10.5. The average Bonchev–Trinajstić information content (AvgIpc) is 2.74. The molecule has 7 heteroatoms. The van der Waals surface area contributed by atoms with Crippen molar-refractivity contribution in [2.45, 2.75) is 11.4 Å². The number of aliphatic hydroxyl groups excluding tert-OH is 1. The Labute approximate surface area is 173 Å². The van der Waals surface area contributed by atoms with E-state index in [1.165, 1.54) is 29.0 Å². The molecule has 0 saturated heterocycles. The van der Waals surface area contributed by atoms with Crippen LogP contribution in [0, 0.1) is 0 Å². The lowest BCUT2D eigenvalue weighted by Gasteiger charge is -2.13. The van der Waals surface area contributed by atoms with E-state index in [0.717, 1.165) is 12.2 Å². The number of thioether (sulfide) groups is 1. The number of aliphatic hydroxyl groups is 1. The van der Waals surface area contributed by atoms with Gasteiger partial charge in [-0.1, -0.05) is 36.9 Å². The minimum absolute atomic E-state index is 0.0346. The lowest BCUT2D eigenvalue weighted by molar-refractivity contribution is 0.261. The summed E-state index contributed by atoms with van der Waals surface area (Å²) in [6.07, 6.45) is 4.09. The molecule has 0 unspecified atom stereocenters. The van der Waals surface area contributed by atoms with Crippen LogP contribution in [0.3, 0.4) is 0 Å². The van der Waals surface area contributed by atoms with Crippen molar-refractivity contribution in [3.63, 3.8) is 0 Å². The highest BCUT2D eigenvalue weighted by Gasteiger charge is 2.11. The van der Waals surface area contributed by atoms with Crippen LogP contribution in [0.4, 0.5) is 0 Å². The quantitative estimate of drug-likeness (QED) is 0.424. The summed E-state index contributed by atoms with van der Waals surface area (Å²) < 4.78 is 12.3. The smallest absolute Gasteiger partial charge is 0.287 e. The van der Waals surface area contributed by atoms with Gasteiger partial charge in [0, 0.05) is 24.2 Å². The fourth-order valence-corrected chi connectivity index (χ4v) is 3.58. The van der Waals surface area contributed by atoms with Gasteiger partial charge in [-0.2, -0.15) is 0 Å². The maximum absolute atomic E-state index is 12.9. The van der Waals surface area contributed by atoms with Crippen molar-refractivity contribution in [1.82, 2.24) is 9.55 Å². The molecule has 0 spiro atoms. The van der Waals surface area contributed by atoms with Crippen molar-refractivity contribution in [2.24, 2.45) is 0 Å². The molecule has 150 valence electrons. The monoisotopic (exact) mass is 410 g/mol. The highest BCUT2D eigenvalue weighted by molar-refractivity contribution is 7.99. The molecule has 0 fully saturated rings. The second kappa shape index (κ2) is 9.84. The number of rotatable bonds is 9.